The van der Waals surface area contributed by atoms with Gasteiger partial charge in [-0.15, -0.1) is 0 Å². The molecular weight excluding hydrogens is 413 g/mol. The molecule has 2 aromatic carbocycles. The minimum atomic E-state index is -0.475. The third-order valence-electron chi connectivity index (χ3n) is 3.45. The Hall–Kier alpha value is -1.56. The van der Waals surface area contributed by atoms with Crippen molar-refractivity contribution >= 4 is 28.7 Å². The maximum absolute atomic E-state index is 11.9. The van der Waals surface area contributed by atoms with Crippen LogP contribution in [0.3, 0.4) is 0 Å². The molecule has 0 heterocycles. The van der Waals surface area contributed by atoms with Crippen LogP contribution < -0.4 is 5.32 Å². The van der Waals surface area contributed by atoms with Crippen molar-refractivity contribution in [2.24, 2.45) is 0 Å². The van der Waals surface area contributed by atoms with Gasteiger partial charge in [-0.3, -0.25) is 0 Å². The predicted octanol–water partition coefficient (Wildman–Crippen LogP) is 5.22. The number of hydrogen-bond donors (Lipinski definition) is 1. The second kappa shape index (κ2) is 8.51. The Bertz CT molecular complexity index is 648. The minimum Gasteiger partial charge on any atom is -0.444 e. The predicted molar refractivity (Wildman–Crippen MR) is 108 cm³/mol. The lowest BCUT2D eigenvalue weighted by Crippen LogP contribution is -2.41. The molecule has 0 saturated heterocycles. The van der Waals surface area contributed by atoms with Gasteiger partial charge in [0, 0.05) is 10.5 Å². The van der Waals surface area contributed by atoms with Gasteiger partial charge >= 0.3 is 6.09 Å². The fourth-order valence-corrected chi connectivity index (χ4v) is 2.90. The van der Waals surface area contributed by atoms with Gasteiger partial charge in [0.15, 0.2) is 0 Å². The van der Waals surface area contributed by atoms with Crippen LogP contribution in [0.4, 0.5) is 4.79 Å². The van der Waals surface area contributed by atoms with E-state index in [0.29, 0.717) is 0 Å². The van der Waals surface area contributed by atoms with Crippen molar-refractivity contribution in [2.45, 2.75) is 38.8 Å². The highest BCUT2D eigenvalue weighted by Crippen LogP contribution is 2.20. The molecule has 0 aromatic heterocycles. The van der Waals surface area contributed by atoms with Crippen LogP contribution in [0.25, 0.3) is 11.1 Å². The van der Waals surface area contributed by atoms with Crippen LogP contribution in [0.1, 0.15) is 26.3 Å². The molecule has 0 saturated carbocycles. The van der Waals surface area contributed by atoms with Gasteiger partial charge in [-0.2, -0.15) is 0 Å². The van der Waals surface area contributed by atoms with Crippen molar-refractivity contribution in [3.05, 3.63) is 60.2 Å². The molecule has 0 aliphatic rings. The molecule has 0 aliphatic heterocycles. The average Bonchev–Trinajstić information content (AvgIpc) is 2.54. The van der Waals surface area contributed by atoms with Crippen LogP contribution in [0, 0.1) is 0 Å². The SMILES string of the molecule is CC(C)(C)OC(=O)N[C@@H](CI)Cc1ccc(-c2ccccc2)cc1. The molecule has 0 spiro atoms. The van der Waals surface area contributed by atoms with Crippen LogP contribution in [0.5, 0.6) is 0 Å². The smallest absolute Gasteiger partial charge is 0.407 e. The number of hydrogen-bond acceptors (Lipinski definition) is 2. The first-order valence-electron chi connectivity index (χ1n) is 8.07. The zero-order chi connectivity index (χ0) is 17.6. The number of alkyl carbamates (subject to hydrolysis) is 1. The lowest BCUT2D eigenvalue weighted by Gasteiger charge is -2.23. The number of amides is 1. The van der Waals surface area contributed by atoms with E-state index in [2.05, 4.69) is 64.3 Å². The molecule has 1 amide bonds. The van der Waals surface area contributed by atoms with E-state index >= 15 is 0 Å². The Kier molecular flexibility index (Phi) is 6.66. The Morgan fingerprint density at radius 3 is 2.17 bits per heavy atom. The van der Waals surface area contributed by atoms with Crippen molar-refractivity contribution < 1.29 is 9.53 Å². The van der Waals surface area contributed by atoms with Gasteiger partial charge in [0.1, 0.15) is 5.60 Å². The number of rotatable bonds is 5. The fourth-order valence-electron chi connectivity index (χ4n) is 2.37. The molecule has 0 aliphatic carbocycles. The molecule has 1 N–H and O–H groups in total. The lowest BCUT2D eigenvalue weighted by molar-refractivity contribution is 0.0510. The van der Waals surface area contributed by atoms with E-state index in [-0.39, 0.29) is 12.1 Å². The van der Waals surface area contributed by atoms with E-state index in [1.165, 1.54) is 16.7 Å². The highest BCUT2D eigenvalue weighted by Gasteiger charge is 2.19. The zero-order valence-electron chi connectivity index (χ0n) is 14.4. The first-order valence-corrected chi connectivity index (χ1v) is 9.60. The van der Waals surface area contributed by atoms with Crippen molar-refractivity contribution in [2.75, 3.05) is 4.43 Å². The van der Waals surface area contributed by atoms with E-state index in [9.17, 15) is 4.79 Å². The molecule has 0 unspecified atom stereocenters. The number of nitrogens with one attached hydrogen (secondary N) is 1. The summed E-state index contributed by atoms with van der Waals surface area (Å²) in [4.78, 5) is 11.9. The van der Waals surface area contributed by atoms with Gasteiger partial charge in [-0.1, -0.05) is 77.2 Å². The maximum atomic E-state index is 11.9. The number of alkyl halides is 1. The van der Waals surface area contributed by atoms with E-state index < -0.39 is 5.60 Å². The molecule has 0 fully saturated rings. The number of carbonyl (C=O) groups excluding carboxylic acids is 1. The summed E-state index contributed by atoms with van der Waals surface area (Å²) in [5, 5.41) is 2.95. The number of benzene rings is 2. The second-order valence-electron chi connectivity index (χ2n) is 6.76. The summed E-state index contributed by atoms with van der Waals surface area (Å²) in [5.41, 5.74) is 3.14. The van der Waals surface area contributed by atoms with Crippen molar-refractivity contribution in [1.82, 2.24) is 5.32 Å². The summed E-state index contributed by atoms with van der Waals surface area (Å²) in [5.74, 6) is 0. The second-order valence-corrected chi connectivity index (χ2v) is 7.65. The van der Waals surface area contributed by atoms with Gasteiger partial charge in [-0.05, 0) is 43.9 Å². The fraction of sp³-hybridized carbons (Fsp3) is 0.350. The summed E-state index contributed by atoms with van der Waals surface area (Å²) in [6.07, 6.45) is 0.433. The normalized spacial score (nSPS) is 12.5. The first-order chi connectivity index (χ1) is 11.4. The van der Waals surface area contributed by atoms with Crippen LogP contribution in [0.15, 0.2) is 54.6 Å². The van der Waals surface area contributed by atoms with Crippen molar-refractivity contribution in [1.29, 1.82) is 0 Å². The van der Waals surface area contributed by atoms with Gasteiger partial charge < -0.3 is 10.1 Å². The molecule has 2 aromatic rings. The monoisotopic (exact) mass is 437 g/mol. The largest absolute Gasteiger partial charge is 0.444 e. The van der Waals surface area contributed by atoms with Gasteiger partial charge in [-0.25, -0.2) is 4.79 Å². The molecule has 24 heavy (non-hydrogen) atoms. The molecule has 3 nitrogen and oxygen atoms in total. The van der Waals surface area contributed by atoms with E-state index in [1.807, 2.05) is 39.0 Å². The van der Waals surface area contributed by atoms with Crippen molar-refractivity contribution in [3.63, 3.8) is 0 Å². The highest BCUT2D eigenvalue weighted by atomic mass is 127. The molecule has 0 radical (unpaired) electrons. The average molecular weight is 437 g/mol. The van der Waals surface area contributed by atoms with Crippen LogP contribution >= 0.6 is 22.6 Å². The van der Waals surface area contributed by atoms with Gasteiger partial charge in [0.05, 0.1) is 0 Å². The van der Waals surface area contributed by atoms with E-state index in [4.69, 9.17) is 4.74 Å². The summed E-state index contributed by atoms with van der Waals surface area (Å²) in [6, 6.07) is 18.9. The van der Waals surface area contributed by atoms with E-state index in [0.717, 1.165) is 10.8 Å². The number of carbonyl (C=O) groups is 1. The number of ether oxygens (including phenoxy) is 1. The standard InChI is InChI=1S/C20H24INO2/c1-20(2,3)24-19(23)22-18(14-21)13-15-9-11-17(12-10-15)16-7-5-4-6-8-16/h4-12,18H,13-14H2,1-3H3,(H,22,23)/t18-/m1/s1. The maximum Gasteiger partial charge on any atom is 0.407 e. The van der Waals surface area contributed by atoms with Crippen molar-refractivity contribution in [3.8, 4) is 11.1 Å². The molecular formula is C20H24INO2. The van der Waals surface area contributed by atoms with E-state index in [1.54, 1.807) is 0 Å². The third-order valence-corrected chi connectivity index (χ3v) is 4.51. The Labute approximate surface area is 157 Å². The first kappa shape index (κ1) is 18.8. The van der Waals surface area contributed by atoms with Crippen LogP contribution in [-0.2, 0) is 11.2 Å². The quantitative estimate of drug-likeness (QED) is 0.514. The Morgan fingerprint density at radius 1 is 1.04 bits per heavy atom. The summed E-state index contributed by atoms with van der Waals surface area (Å²) >= 11 is 2.29. The Morgan fingerprint density at radius 2 is 1.62 bits per heavy atom. The summed E-state index contributed by atoms with van der Waals surface area (Å²) in [7, 11) is 0. The molecule has 4 heteroatoms. The summed E-state index contributed by atoms with van der Waals surface area (Å²) in [6.45, 7) is 5.61. The minimum absolute atomic E-state index is 0.0584. The topological polar surface area (TPSA) is 38.3 Å². The molecule has 128 valence electrons. The Balaban J connectivity index is 1.97. The zero-order valence-corrected chi connectivity index (χ0v) is 16.5. The van der Waals surface area contributed by atoms with Crippen LogP contribution in [-0.4, -0.2) is 22.2 Å². The lowest BCUT2D eigenvalue weighted by atomic mass is 10.0. The number of halogens is 1. The van der Waals surface area contributed by atoms with Gasteiger partial charge in [0.2, 0.25) is 0 Å². The van der Waals surface area contributed by atoms with Crippen LogP contribution in [0.2, 0.25) is 0 Å². The summed E-state index contributed by atoms with van der Waals surface area (Å²) < 4.78 is 6.16. The molecule has 0 bridgehead atoms. The molecule has 2 rings (SSSR count). The van der Waals surface area contributed by atoms with Gasteiger partial charge in [0.25, 0.3) is 0 Å². The third kappa shape index (κ3) is 6.15. The molecule has 1 atom stereocenters. The highest BCUT2D eigenvalue weighted by molar-refractivity contribution is 14.1.